The minimum absolute atomic E-state index is 0.0842. The standard InChI is InChI=1S/C14H18BrNOS/c1-8(11-7-9-2-3-10(11)6-9)16-14(17)12-4-5-13(15)18-12/h4-5,8-11H,2-3,6-7H2,1H3,(H,16,17). The SMILES string of the molecule is CC(NC(=O)c1ccc(Br)s1)C1CC2CCC1C2. The molecule has 2 nitrogen and oxygen atoms in total. The molecule has 2 saturated carbocycles. The third-order valence-electron chi connectivity index (χ3n) is 4.59. The van der Waals surface area contributed by atoms with E-state index in [1.807, 2.05) is 12.1 Å². The molecule has 1 aromatic heterocycles. The number of halogens is 1. The van der Waals surface area contributed by atoms with Gasteiger partial charge in [-0.2, -0.15) is 0 Å². The Morgan fingerprint density at radius 3 is 2.83 bits per heavy atom. The fourth-order valence-electron chi connectivity index (χ4n) is 3.73. The van der Waals surface area contributed by atoms with Gasteiger partial charge < -0.3 is 5.32 Å². The third kappa shape index (κ3) is 2.37. The van der Waals surface area contributed by atoms with Crippen molar-refractivity contribution in [2.75, 3.05) is 0 Å². The summed E-state index contributed by atoms with van der Waals surface area (Å²) < 4.78 is 1.01. The Hall–Kier alpha value is -0.350. The van der Waals surface area contributed by atoms with Crippen molar-refractivity contribution in [2.24, 2.45) is 17.8 Å². The molecule has 0 aromatic carbocycles. The fourth-order valence-corrected chi connectivity index (χ4v) is 5.02. The zero-order valence-corrected chi connectivity index (χ0v) is 12.9. The highest BCUT2D eigenvalue weighted by Gasteiger charge is 2.42. The molecule has 1 heterocycles. The van der Waals surface area contributed by atoms with Crippen LogP contribution in [0, 0.1) is 17.8 Å². The van der Waals surface area contributed by atoms with E-state index in [1.54, 1.807) is 0 Å². The number of thiophene rings is 1. The molecule has 0 radical (unpaired) electrons. The Morgan fingerprint density at radius 2 is 2.28 bits per heavy atom. The van der Waals surface area contributed by atoms with Gasteiger partial charge in [-0.3, -0.25) is 4.79 Å². The number of fused-ring (bicyclic) bond motifs is 2. The van der Waals surface area contributed by atoms with Gasteiger partial charge in [0.15, 0.2) is 0 Å². The van der Waals surface area contributed by atoms with Crippen LogP contribution in [0.3, 0.4) is 0 Å². The van der Waals surface area contributed by atoms with Gasteiger partial charge in [0.2, 0.25) is 0 Å². The Labute approximate surface area is 120 Å². The molecule has 98 valence electrons. The molecule has 3 rings (SSSR count). The smallest absolute Gasteiger partial charge is 0.261 e. The van der Waals surface area contributed by atoms with E-state index in [2.05, 4.69) is 28.2 Å². The normalized spacial score (nSPS) is 31.6. The molecule has 18 heavy (non-hydrogen) atoms. The van der Waals surface area contributed by atoms with Crippen LogP contribution in [-0.4, -0.2) is 11.9 Å². The summed E-state index contributed by atoms with van der Waals surface area (Å²) in [7, 11) is 0. The highest BCUT2D eigenvalue weighted by molar-refractivity contribution is 9.11. The van der Waals surface area contributed by atoms with Gasteiger partial charge in [0.25, 0.3) is 5.91 Å². The van der Waals surface area contributed by atoms with Crippen LogP contribution < -0.4 is 5.32 Å². The van der Waals surface area contributed by atoms with E-state index < -0.39 is 0 Å². The van der Waals surface area contributed by atoms with Crippen molar-refractivity contribution in [3.63, 3.8) is 0 Å². The molecule has 2 fully saturated rings. The average Bonchev–Trinajstić information content (AvgIpc) is 3.03. The summed E-state index contributed by atoms with van der Waals surface area (Å²) in [4.78, 5) is 12.9. The maximum atomic E-state index is 12.1. The Kier molecular flexibility index (Phi) is 3.50. The van der Waals surface area contributed by atoms with Crippen LogP contribution in [0.2, 0.25) is 0 Å². The predicted octanol–water partition coefficient (Wildman–Crippen LogP) is 4.07. The van der Waals surface area contributed by atoms with Gasteiger partial charge in [0.1, 0.15) is 0 Å². The summed E-state index contributed by atoms with van der Waals surface area (Å²) in [6, 6.07) is 4.13. The van der Waals surface area contributed by atoms with Crippen LogP contribution in [0.15, 0.2) is 15.9 Å². The Morgan fingerprint density at radius 1 is 1.44 bits per heavy atom. The van der Waals surface area contributed by atoms with Crippen LogP contribution in [0.4, 0.5) is 0 Å². The molecule has 4 unspecified atom stereocenters. The van der Waals surface area contributed by atoms with Gasteiger partial charge in [0, 0.05) is 6.04 Å². The van der Waals surface area contributed by atoms with Crippen LogP contribution in [0.1, 0.15) is 42.3 Å². The number of nitrogens with one attached hydrogen (secondary N) is 1. The summed E-state index contributed by atoms with van der Waals surface area (Å²) >= 11 is 4.90. The number of carbonyl (C=O) groups excluding carboxylic acids is 1. The molecular weight excluding hydrogens is 310 g/mol. The molecule has 4 heteroatoms. The van der Waals surface area contributed by atoms with Crippen molar-refractivity contribution in [1.82, 2.24) is 5.32 Å². The quantitative estimate of drug-likeness (QED) is 0.890. The predicted molar refractivity (Wildman–Crippen MR) is 77.9 cm³/mol. The summed E-state index contributed by atoms with van der Waals surface area (Å²) in [5.74, 6) is 2.59. The molecule has 1 N–H and O–H groups in total. The first-order chi connectivity index (χ1) is 8.63. The number of amides is 1. The lowest BCUT2D eigenvalue weighted by molar-refractivity contribution is 0.0919. The summed E-state index contributed by atoms with van der Waals surface area (Å²) in [6.07, 6.45) is 5.51. The second kappa shape index (κ2) is 4.97. The van der Waals surface area contributed by atoms with E-state index in [1.165, 1.54) is 37.0 Å². The Bertz CT molecular complexity index is 458. The zero-order valence-electron chi connectivity index (χ0n) is 10.5. The van der Waals surface area contributed by atoms with Gasteiger partial charge in [0.05, 0.1) is 8.66 Å². The number of hydrogen-bond donors (Lipinski definition) is 1. The number of rotatable bonds is 3. The van der Waals surface area contributed by atoms with Crippen molar-refractivity contribution in [1.29, 1.82) is 0 Å². The molecule has 2 aliphatic rings. The highest BCUT2D eigenvalue weighted by Crippen LogP contribution is 2.49. The molecular formula is C14H18BrNOS. The highest BCUT2D eigenvalue weighted by atomic mass is 79.9. The van der Waals surface area contributed by atoms with Crippen molar-refractivity contribution < 1.29 is 4.79 Å². The molecule has 0 saturated heterocycles. The third-order valence-corrected chi connectivity index (χ3v) is 6.21. The second-order valence-electron chi connectivity index (χ2n) is 5.70. The van der Waals surface area contributed by atoms with Crippen LogP contribution in [-0.2, 0) is 0 Å². The number of hydrogen-bond acceptors (Lipinski definition) is 2. The largest absolute Gasteiger partial charge is 0.349 e. The molecule has 1 aromatic rings. The van der Waals surface area contributed by atoms with Gasteiger partial charge in [-0.05, 0) is 72.0 Å². The topological polar surface area (TPSA) is 29.1 Å². The van der Waals surface area contributed by atoms with Crippen LogP contribution in [0.25, 0.3) is 0 Å². The first kappa shape index (κ1) is 12.7. The zero-order chi connectivity index (χ0) is 12.7. The first-order valence-corrected chi connectivity index (χ1v) is 8.30. The molecule has 2 aliphatic carbocycles. The minimum atomic E-state index is 0.0842. The van der Waals surface area contributed by atoms with E-state index in [0.717, 1.165) is 20.5 Å². The van der Waals surface area contributed by atoms with E-state index in [4.69, 9.17) is 0 Å². The van der Waals surface area contributed by atoms with Crippen molar-refractivity contribution in [3.05, 3.63) is 20.8 Å². The van der Waals surface area contributed by atoms with E-state index in [0.29, 0.717) is 12.0 Å². The summed E-state index contributed by atoms with van der Waals surface area (Å²) in [5.41, 5.74) is 0. The van der Waals surface area contributed by atoms with Gasteiger partial charge in [-0.25, -0.2) is 0 Å². The molecule has 1 amide bonds. The van der Waals surface area contributed by atoms with Crippen LogP contribution in [0.5, 0.6) is 0 Å². The minimum Gasteiger partial charge on any atom is -0.349 e. The molecule has 4 atom stereocenters. The fraction of sp³-hybridized carbons (Fsp3) is 0.643. The van der Waals surface area contributed by atoms with Gasteiger partial charge in [-0.15, -0.1) is 11.3 Å². The molecule has 0 aliphatic heterocycles. The van der Waals surface area contributed by atoms with Crippen molar-refractivity contribution in [2.45, 2.75) is 38.6 Å². The van der Waals surface area contributed by atoms with Crippen molar-refractivity contribution in [3.8, 4) is 0 Å². The first-order valence-electron chi connectivity index (χ1n) is 6.69. The van der Waals surface area contributed by atoms with Crippen molar-refractivity contribution >= 4 is 33.2 Å². The van der Waals surface area contributed by atoms with Crippen LogP contribution >= 0.6 is 27.3 Å². The van der Waals surface area contributed by atoms with E-state index in [-0.39, 0.29) is 5.91 Å². The summed E-state index contributed by atoms with van der Waals surface area (Å²) in [5, 5.41) is 3.19. The maximum Gasteiger partial charge on any atom is 0.261 e. The molecule has 2 bridgehead atoms. The average molecular weight is 328 g/mol. The molecule has 0 spiro atoms. The second-order valence-corrected chi connectivity index (χ2v) is 8.17. The maximum absolute atomic E-state index is 12.1. The van der Waals surface area contributed by atoms with E-state index >= 15 is 0 Å². The lowest BCUT2D eigenvalue weighted by atomic mass is 9.84. The summed E-state index contributed by atoms with van der Waals surface area (Å²) in [6.45, 7) is 2.17. The monoisotopic (exact) mass is 327 g/mol. The van der Waals surface area contributed by atoms with E-state index in [9.17, 15) is 4.79 Å². The number of carbonyl (C=O) groups is 1. The Balaban J connectivity index is 1.61. The van der Waals surface area contributed by atoms with Gasteiger partial charge >= 0.3 is 0 Å². The lowest BCUT2D eigenvalue weighted by Crippen LogP contribution is -2.39. The lowest BCUT2D eigenvalue weighted by Gasteiger charge is -2.28. The van der Waals surface area contributed by atoms with Gasteiger partial charge in [-0.1, -0.05) is 6.42 Å².